The molecule has 102 valence electrons. The highest BCUT2D eigenvalue weighted by atomic mass is 32.1. The lowest BCUT2D eigenvalue weighted by Gasteiger charge is -2.11. The molecule has 8 heteroatoms. The van der Waals surface area contributed by atoms with Gasteiger partial charge in [-0.25, -0.2) is 9.67 Å². The van der Waals surface area contributed by atoms with Gasteiger partial charge in [-0.05, 0) is 30.7 Å². The molecule has 1 N–H and O–H groups in total. The van der Waals surface area contributed by atoms with Crippen molar-refractivity contribution in [3.63, 3.8) is 0 Å². The maximum Gasteiger partial charge on any atom is 0.220 e. The van der Waals surface area contributed by atoms with Gasteiger partial charge < -0.3 is 5.32 Å². The van der Waals surface area contributed by atoms with Crippen LogP contribution in [0.25, 0.3) is 0 Å². The molecule has 2 heterocycles. The minimum atomic E-state index is -0.0505. The fraction of sp³-hybridized carbons (Fsp3) is 0.545. The van der Waals surface area contributed by atoms with Gasteiger partial charge in [-0.3, -0.25) is 4.79 Å². The maximum absolute atomic E-state index is 11.8. The van der Waals surface area contributed by atoms with Crippen LogP contribution in [0.15, 0.2) is 11.7 Å². The third-order valence-corrected chi connectivity index (χ3v) is 3.43. The van der Waals surface area contributed by atoms with Crippen molar-refractivity contribution in [2.45, 2.75) is 39.3 Å². The van der Waals surface area contributed by atoms with Crippen molar-refractivity contribution in [1.82, 2.24) is 30.5 Å². The number of aryl methyl sites for hydroxylation is 2. The highest BCUT2D eigenvalue weighted by Gasteiger charge is 2.11. The van der Waals surface area contributed by atoms with E-state index in [1.807, 2.05) is 19.2 Å². The van der Waals surface area contributed by atoms with E-state index in [2.05, 4.69) is 25.8 Å². The Morgan fingerprint density at radius 2 is 2.42 bits per heavy atom. The van der Waals surface area contributed by atoms with Crippen molar-refractivity contribution in [3.05, 3.63) is 22.4 Å². The number of hydrogen-bond acceptors (Lipinski definition) is 6. The Bertz CT molecular complexity index is 523. The van der Waals surface area contributed by atoms with Crippen LogP contribution in [0, 0.1) is 6.92 Å². The lowest BCUT2D eigenvalue weighted by molar-refractivity contribution is -0.121. The summed E-state index contributed by atoms with van der Waals surface area (Å²) in [6.45, 7) is 4.53. The molecule has 1 atom stereocenters. The molecule has 2 rings (SSSR count). The van der Waals surface area contributed by atoms with E-state index in [-0.39, 0.29) is 11.9 Å². The molecular formula is C11H16N6OS. The Hall–Kier alpha value is -1.83. The first kappa shape index (κ1) is 13.6. The van der Waals surface area contributed by atoms with Crippen LogP contribution in [0.1, 0.15) is 36.5 Å². The zero-order chi connectivity index (χ0) is 13.7. The minimum absolute atomic E-state index is 0.0197. The quantitative estimate of drug-likeness (QED) is 0.856. The van der Waals surface area contributed by atoms with Crippen LogP contribution in [-0.2, 0) is 11.3 Å². The lowest BCUT2D eigenvalue weighted by atomic mass is 10.2. The molecule has 0 fully saturated rings. The Kier molecular flexibility index (Phi) is 4.56. The number of carbonyl (C=O) groups excluding carboxylic acids is 1. The largest absolute Gasteiger partial charge is 0.348 e. The fourth-order valence-corrected chi connectivity index (χ4v) is 2.36. The van der Waals surface area contributed by atoms with Gasteiger partial charge in [0.05, 0.1) is 16.7 Å². The molecule has 1 amide bonds. The number of amides is 1. The molecule has 0 aliphatic carbocycles. The standard InChI is InChI=1S/C11H16N6OS/c1-8(10-6-19-9(2)14-10)13-11(18)4-3-5-17-7-12-15-16-17/h6-8H,3-5H2,1-2H3,(H,13,18). The zero-order valence-electron chi connectivity index (χ0n) is 10.9. The number of aromatic nitrogens is 5. The third kappa shape index (κ3) is 4.09. The lowest BCUT2D eigenvalue weighted by Crippen LogP contribution is -2.26. The van der Waals surface area contributed by atoms with E-state index in [9.17, 15) is 4.79 Å². The number of nitrogens with one attached hydrogen (secondary N) is 1. The average molecular weight is 280 g/mol. The summed E-state index contributed by atoms with van der Waals surface area (Å²) in [5, 5.41) is 16.7. The molecule has 1 unspecified atom stereocenters. The van der Waals surface area contributed by atoms with E-state index < -0.39 is 0 Å². The molecule has 0 radical (unpaired) electrons. The SMILES string of the molecule is Cc1nc(C(C)NC(=O)CCCn2cnnn2)cs1. The van der Waals surface area contributed by atoms with Gasteiger partial charge >= 0.3 is 0 Å². The van der Waals surface area contributed by atoms with Crippen molar-refractivity contribution < 1.29 is 4.79 Å². The predicted octanol–water partition coefficient (Wildman–Crippen LogP) is 1.10. The van der Waals surface area contributed by atoms with Gasteiger partial charge in [0.2, 0.25) is 5.91 Å². The number of rotatable bonds is 6. The van der Waals surface area contributed by atoms with Gasteiger partial charge in [0, 0.05) is 18.3 Å². The molecule has 0 saturated carbocycles. The summed E-state index contributed by atoms with van der Waals surface area (Å²) < 4.78 is 1.61. The average Bonchev–Trinajstić information content (AvgIpc) is 3.00. The van der Waals surface area contributed by atoms with E-state index in [4.69, 9.17) is 0 Å². The molecule has 0 aliphatic heterocycles. The molecule has 19 heavy (non-hydrogen) atoms. The van der Waals surface area contributed by atoms with E-state index in [1.54, 1.807) is 22.3 Å². The van der Waals surface area contributed by atoms with Gasteiger partial charge in [-0.15, -0.1) is 16.4 Å². The molecule has 2 aromatic heterocycles. The predicted molar refractivity (Wildman–Crippen MR) is 70.5 cm³/mol. The van der Waals surface area contributed by atoms with Crippen LogP contribution < -0.4 is 5.32 Å². The molecule has 0 bridgehead atoms. The third-order valence-electron chi connectivity index (χ3n) is 2.64. The Morgan fingerprint density at radius 1 is 1.58 bits per heavy atom. The van der Waals surface area contributed by atoms with E-state index in [0.717, 1.165) is 10.7 Å². The monoisotopic (exact) mass is 280 g/mol. The number of carbonyl (C=O) groups is 1. The van der Waals surface area contributed by atoms with Crippen LogP contribution in [0.5, 0.6) is 0 Å². The van der Waals surface area contributed by atoms with Gasteiger partial charge in [0.25, 0.3) is 0 Å². The fourth-order valence-electron chi connectivity index (χ4n) is 1.65. The summed E-state index contributed by atoms with van der Waals surface area (Å²) in [5.41, 5.74) is 0.913. The normalized spacial score (nSPS) is 12.3. The second-order valence-corrected chi connectivity index (χ2v) is 5.32. The Balaban J connectivity index is 1.72. The number of thiazole rings is 1. The van der Waals surface area contributed by atoms with E-state index in [1.165, 1.54) is 0 Å². The minimum Gasteiger partial charge on any atom is -0.348 e. The molecule has 0 aromatic carbocycles. The molecule has 0 aliphatic rings. The molecule has 2 aromatic rings. The van der Waals surface area contributed by atoms with Gasteiger partial charge in [0.15, 0.2) is 0 Å². The highest BCUT2D eigenvalue weighted by molar-refractivity contribution is 7.09. The summed E-state index contributed by atoms with van der Waals surface area (Å²) in [4.78, 5) is 16.1. The van der Waals surface area contributed by atoms with Crippen LogP contribution in [0.2, 0.25) is 0 Å². The van der Waals surface area contributed by atoms with E-state index in [0.29, 0.717) is 19.4 Å². The second kappa shape index (κ2) is 6.37. The van der Waals surface area contributed by atoms with Crippen molar-refractivity contribution in [1.29, 1.82) is 0 Å². The maximum atomic E-state index is 11.8. The van der Waals surface area contributed by atoms with Gasteiger partial charge in [0.1, 0.15) is 6.33 Å². The molecule has 0 saturated heterocycles. The first-order valence-corrected chi connectivity index (χ1v) is 6.95. The molecule has 7 nitrogen and oxygen atoms in total. The van der Waals surface area contributed by atoms with Crippen molar-refractivity contribution >= 4 is 17.2 Å². The molecule has 0 spiro atoms. The number of hydrogen-bond donors (Lipinski definition) is 1. The molecular weight excluding hydrogens is 264 g/mol. The van der Waals surface area contributed by atoms with Crippen molar-refractivity contribution in [3.8, 4) is 0 Å². The van der Waals surface area contributed by atoms with Crippen molar-refractivity contribution in [2.24, 2.45) is 0 Å². The van der Waals surface area contributed by atoms with E-state index >= 15 is 0 Å². The summed E-state index contributed by atoms with van der Waals surface area (Å²) in [7, 11) is 0. The summed E-state index contributed by atoms with van der Waals surface area (Å²) in [6, 6.07) is -0.0505. The van der Waals surface area contributed by atoms with Gasteiger partial charge in [-0.1, -0.05) is 0 Å². The summed E-state index contributed by atoms with van der Waals surface area (Å²) in [5.74, 6) is 0.0197. The van der Waals surface area contributed by atoms with Crippen LogP contribution in [0.3, 0.4) is 0 Å². The smallest absolute Gasteiger partial charge is 0.220 e. The highest BCUT2D eigenvalue weighted by Crippen LogP contribution is 2.15. The number of tetrazole rings is 1. The zero-order valence-corrected chi connectivity index (χ0v) is 11.7. The Morgan fingerprint density at radius 3 is 3.05 bits per heavy atom. The van der Waals surface area contributed by atoms with Crippen LogP contribution >= 0.6 is 11.3 Å². The van der Waals surface area contributed by atoms with Gasteiger partial charge in [-0.2, -0.15) is 0 Å². The first-order chi connectivity index (χ1) is 9.15. The second-order valence-electron chi connectivity index (χ2n) is 4.26. The number of nitrogens with zero attached hydrogens (tertiary/aromatic N) is 5. The topological polar surface area (TPSA) is 85.6 Å². The van der Waals surface area contributed by atoms with Crippen molar-refractivity contribution in [2.75, 3.05) is 0 Å². The summed E-state index contributed by atoms with van der Waals surface area (Å²) in [6.07, 6.45) is 2.70. The van der Waals surface area contributed by atoms with Crippen LogP contribution in [-0.4, -0.2) is 31.1 Å². The Labute approximate surface area is 115 Å². The first-order valence-electron chi connectivity index (χ1n) is 6.07. The van der Waals surface area contributed by atoms with Crippen LogP contribution in [0.4, 0.5) is 0 Å². The summed E-state index contributed by atoms with van der Waals surface area (Å²) >= 11 is 1.59.